The maximum atomic E-state index is 13.9. The number of alkyl halides is 1. The average Bonchev–Trinajstić information content (AvgIpc) is 2.06. The van der Waals surface area contributed by atoms with Gasteiger partial charge in [-0.1, -0.05) is 11.6 Å². The number of halogens is 2. The van der Waals surface area contributed by atoms with Crippen molar-refractivity contribution in [3.8, 4) is 0 Å². The summed E-state index contributed by atoms with van der Waals surface area (Å²) in [5, 5.41) is 0.532. The molecule has 0 aromatic carbocycles. The molecule has 2 N–H and O–H groups in total. The minimum absolute atomic E-state index is 0.0145. The fourth-order valence-electron chi connectivity index (χ4n) is 1.91. The molecule has 0 saturated heterocycles. The van der Waals surface area contributed by atoms with Crippen molar-refractivity contribution in [3.63, 3.8) is 0 Å². The summed E-state index contributed by atoms with van der Waals surface area (Å²) >= 11 is 5.89. The van der Waals surface area contributed by atoms with Gasteiger partial charge in [0.25, 0.3) is 0 Å². The van der Waals surface area contributed by atoms with E-state index in [1.165, 1.54) is 0 Å². The monoisotopic (exact) mass is 214 g/mol. The Hall–Kier alpha value is -0.670. The highest BCUT2D eigenvalue weighted by Gasteiger charge is 2.43. The molecule has 2 nitrogen and oxygen atoms in total. The molecule has 1 aliphatic carbocycles. The lowest BCUT2D eigenvalue weighted by Crippen LogP contribution is -2.49. The van der Waals surface area contributed by atoms with E-state index in [-0.39, 0.29) is 6.04 Å². The predicted molar refractivity (Wildman–Crippen MR) is 54.0 cm³/mol. The fourth-order valence-corrected chi connectivity index (χ4v) is 2.10. The highest BCUT2D eigenvalue weighted by atomic mass is 35.5. The van der Waals surface area contributed by atoms with Crippen LogP contribution in [0.1, 0.15) is 18.4 Å². The summed E-state index contributed by atoms with van der Waals surface area (Å²) in [6.07, 6.45) is 4.39. The summed E-state index contributed by atoms with van der Waals surface area (Å²) in [6, 6.07) is 1.77. The highest BCUT2D eigenvalue weighted by molar-refractivity contribution is 6.31. The summed E-state index contributed by atoms with van der Waals surface area (Å²) in [5.41, 5.74) is 5.23. The van der Waals surface area contributed by atoms with Crippen LogP contribution in [0.5, 0.6) is 0 Å². The van der Waals surface area contributed by atoms with E-state index in [0.29, 0.717) is 24.3 Å². The van der Waals surface area contributed by atoms with E-state index in [0.717, 1.165) is 5.56 Å². The molecule has 0 radical (unpaired) electrons. The Morgan fingerprint density at radius 3 is 2.93 bits per heavy atom. The molecule has 2 rings (SSSR count). The molecule has 1 aromatic heterocycles. The summed E-state index contributed by atoms with van der Waals surface area (Å²) in [4.78, 5) is 3.85. The maximum absolute atomic E-state index is 13.9. The fraction of sp³-hybridized carbons (Fsp3) is 0.500. The van der Waals surface area contributed by atoms with Crippen LogP contribution in [-0.2, 0) is 6.42 Å². The van der Waals surface area contributed by atoms with E-state index >= 15 is 0 Å². The Labute approximate surface area is 87.3 Å². The molecule has 1 saturated carbocycles. The van der Waals surface area contributed by atoms with Crippen molar-refractivity contribution in [3.05, 3.63) is 29.0 Å². The average molecular weight is 215 g/mol. The van der Waals surface area contributed by atoms with E-state index in [9.17, 15) is 4.39 Å². The van der Waals surface area contributed by atoms with Crippen LogP contribution < -0.4 is 5.73 Å². The van der Waals surface area contributed by atoms with Gasteiger partial charge in [-0.25, -0.2) is 4.39 Å². The van der Waals surface area contributed by atoms with E-state index in [2.05, 4.69) is 4.98 Å². The number of pyridine rings is 1. The van der Waals surface area contributed by atoms with Crippen LogP contribution in [0.25, 0.3) is 0 Å². The van der Waals surface area contributed by atoms with Crippen LogP contribution in [0.2, 0.25) is 5.02 Å². The summed E-state index contributed by atoms with van der Waals surface area (Å²) < 4.78 is 13.9. The minimum Gasteiger partial charge on any atom is -0.327 e. The molecule has 1 aromatic rings. The van der Waals surface area contributed by atoms with Crippen LogP contribution >= 0.6 is 11.6 Å². The molecular formula is C10H12ClFN2. The first-order valence-corrected chi connectivity index (χ1v) is 5.00. The molecule has 4 heteroatoms. The molecule has 1 aliphatic rings. The molecule has 1 fully saturated rings. The zero-order valence-electron chi connectivity index (χ0n) is 7.71. The topological polar surface area (TPSA) is 38.9 Å². The van der Waals surface area contributed by atoms with Crippen molar-refractivity contribution in [1.82, 2.24) is 4.98 Å². The molecule has 0 aliphatic heterocycles. The second-order valence-electron chi connectivity index (χ2n) is 3.96. The Bertz CT molecular complexity index is 337. The number of hydrogen-bond donors (Lipinski definition) is 1. The van der Waals surface area contributed by atoms with E-state index in [1.54, 1.807) is 18.5 Å². The van der Waals surface area contributed by atoms with Crippen molar-refractivity contribution in [2.75, 3.05) is 0 Å². The lowest BCUT2D eigenvalue weighted by Gasteiger charge is -2.39. The largest absolute Gasteiger partial charge is 0.327 e. The maximum Gasteiger partial charge on any atom is 0.118 e. The lowest BCUT2D eigenvalue weighted by atomic mass is 9.74. The molecule has 0 amide bonds. The quantitative estimate of drug-likeness (QED) is 0.819. The zero-order chi connectivity index (χ0) is 10.2. The summed E-state index contributed by atoms with van der Waals surface area (Å²) in [7, 11) is 0. The Kier molecular flexibility index (Phi) is 2.45. The molecule has 14 heavy (non-hydrogen) atoms. The third-order valence-corrected chi connectivity index (χ3v) is 2.96. The number of nitrogens with two attached hydrogens (primary N) is 1. The van der Waals surface area contributed by atoms with Crippen molar-refractivity contribution >= 4 is 11.6 Å². The van der Waals surface area contributed by atoms with E-state index < -0.39 is 5.67 Å². The van der Waals surface area contributed by atoms with Gasteiger partial charge in [-0.2, -0.15) is 0 Å². The molecular weight excluding hydrogens is 203 g/mol. The van der Waals surface area contributed by atoms with Gasteiger partial charge in [-0.05, 0) is 24.5 Å². The van der Waals surface area contributed by atoms with Crippen LogP contribution in [0.4, 0.5) is 4.39 Å². The van der Waals surface area contributed by atoms with Gasteiger partial charge >= 0.3 is 0 Å². The highest BCUT2D eigenvalue weighted by Crippen LogP contribution is 2.38. The zero-order valence-corrected chi connectivity index (χ0v) is 8.47. The lowest BCUT2D eigenvalue weighted by molar-refractivity contribution is 0.0444. The van der Waals surface area contributed by atoms with E-state index in [1.807, 2.05) is 0 Å². The van der Waals surface area contributed by atoms with Gasteiger partial charge in [-0.15, -0.1) is 0 Å². The number of rotatable bonds is 2. The Morgan fingerprint density at radius 2 is 2.36 bits per heavy atom. The standard InChI is InChI=1S/C10H12ClFN2/c11-9-6-14-2-1-7(9)3-10(12)4-8(13)5-10/h1-2,6,8H,3-5,13H2. The molecule has 0 atom stereocenters. The van der Waals surface area contributed by atoms with Gasteiger partial charge in [-0.3, -0.25) is 4.98 Å². The van der Waals surface area contributed by atoms with Gasteiger partial charge in [0, 0.05) is 24.9 Å². The summed E-state index contributed by atoms with van der Waals surface area (Å²) in [5.74, 6) is 0. The molecule has 76 valence electrons. The number of hydrogen-bond acceptors (Lipinski definition) is 2. The first-order valence-electron chi connectivity index (χ1n) is 4.62. The van der Waals surface area contributed by atoms with Gasteiger partial charge in [0.05, 0.1) is 5.02 Å². The van der Waals surface area contributed by atoms with Crippen molar-refractivity contribution in [2.45, 2.75) is 31.0 Å². The molecule has 0 spiro atoms. The van der Waals surface area contributed by atoms with Crippen molar-refractivity contribution in [2.24, 2.45) is 5.73 Å². The minimum atomic E-state index is -1.15. The molecule has 1 heterocycles. The first-order chi connectivity index (χ1) is 6.59. The second-order valence-corrected chi connectivity index (χ2v) is 4.37. The normalized spacial score (nSPS) is 31.2. The third-order valence-electron chi connectivity index (χ3n) is 2.62. The number of aromatic nitrogens is 1. The van der Waals surface area contributed by atoms with Crippen LogP contribution in [0, 0.1) is 0 Å². The predicted octanol–water partition coefficient (Wildman–Crippen LogP) is 2.11. The van der Waals surface area contributed by atoms with E-state index in [4.69, 9.17) is 17.3 Å². The molecule has 0 bridgehead atoms. The summed E-state index contributed by atoms with van der Waals surface area (Å²) in [6.45, 7) is 0. The van der Waals surface area contributed by atoms with Crippen LogP contribution in [-0.4, -0.2) is 16.7 Å². The van der Waals surface area contributed by atoms with Crippen LogP contribution in [0.15, 0.2) is 18.5 Å². The van der Waals surface area contributed by atoms with Crippen molar-refractivity contribution < 1.29 is 4.39 Å². The second kappa shape index (κ2) is 3.48. The smallest absolute Gasteiger partial charge is 0.118 e. The Balaban J connectivity index is 2.08. The van der Waals surface area contributed by atoms with Crippen molar-refractivity contribution in [1.29, 1.82) is 0 Å². The van der Waals surface area contributed by atoms with Gasteiger partial charge in [0.2, 0.25) is 0 Å². The van der Waals surface area contributed by atoms with Crippen LogP contribution in [0.3, 0.4) is 0 Å². The van der Waals surface area contributed by atoms with Gasteiger partial charge in [0.1, 0.15) is 5.67 Å². The Morgan fingerprint density at radius 1 is 1.64 bits per heavy atom. The molecule has 0 unspecified atom stereocenters. The third kappa shape index (κ3) is 1.88. The SMILES string of the molecule is NC1CC(F)(Cc2ccncc2Cl)C1. The van der Waals surface area contributed by atoms with Gasteiger partial charge < -0.3 is 5.73 Å². The van der Waals surface area contributed by atoms with Gasteiger partial charge in [0.15, 0.2) is 0 Å². The number of nitrogens with zero attached hydrogens (tertiary/aromatic N) is 1. The first kappa shape index (κ1) is 9.87.